The Morgan fingerprint density at radius 3 is 2.43 bits per heavy atom. The van der Waals surface area contributed by atoms with Crippen LogP contribution in [0.2, 0.25) is 0 Å². The Bertz CT molecular complexity index is 759. The number of carbonyl (C=O) groups excluding carboxylic acids is 2. The van der Waals surface area contributed by atoms with E-state index in [9.17, 15) is 14.0 Å². The highest BCUT2D eigenvalue weighted by atomic mass is 19.1. The fourth-order valence-electron chi connectivity index (χ4n) is 2.56. The third-order valence-electron chi connectivity index (χ3n) is 3.69. The van der Waals surface area contributed by atoms with Crippen molar-refractivity contribution in [3.05, 3.63) is 66.0 Å². The van der Waals surface area contributed by atoms with Crippen LogP contribution in [0.3, 0.4) is 0 Å². The molecule has 0 aliphatic carbocycles. The summed E-state index contributed by atoms with van der Waals surface area (Å²) in [4.78, 5) is 25.5. The van der Waals surface area contributed by atoms with Crippen LogP contribution in [0.1, 0.15) is 18.0 Å². The van der Waals surface area contributed by atoms with Crippen molar-refractivity contribution in [3.8, 4) is 0 Å². The summed E-state index contributed by atoms with van der Waals surface area (Å²) in [5, 5.41) is 10.5. The number of halogens is 1. The molecule has 2 aromatic carbocycles. The van der Waals surface area contributed by atoms with Gasteiger partial charge in [-0.3, -0.25) is 15.1 Å². The molecular weight excluding hydrogens is 297 g/mol. The zero-order valence-electron chi connectivity index (χ0n) is 12.1. The van der Waals surface area contributed by atoms with Crippen molar-refractivity contribution in [1.82, 2.24) is 4.90 Å². The second-order valence-electron chi connectivity index (χ2n) is 5.21. The number of likely N-dealkylation sites (tertiary alicyclic amines) is 1. The van der Waals surface area contributed by atoms with Gasteiger partial charge in [0.05, 0.1) is 6.04 Å². The molecule has 23 heavy (non-hydrogen) atoms. The van der Waals surface area contributed by atoms with E-state index in [-0.39, 0.29) is 18.0 Å². The van der Waals surface area contributed by atoms with Gasteiger partial charge >= 0.3 is 6.03 Å². The third-order valence-corrected chi connectivity index (χ3v) is 3.69. The van der Waals surface area contributed by atoms with E-state index in [2.05, 4.69) is 5.32 Å². The van der Waals surface area contributed by atoms with E-state index < -0.39 is 17.9 Å². The van der Waals surface area contributed by atoms with Crippen molar-refractivity contribution in [3.63, 3.8) is 0 Å². The van der Waals surface area contributed by atoms with Crippen molar-refractivity contribution in [1.29, 1.82) is 5.41 Å². The maximum Gasteiger partial charge on any atom is 0.328 e. The molecule has 1 heterocycles. The first-order chi connectivity index (χ1) is 11.1. The highest BCUT2D eigenvalue weighted by Crippen LogP contribution is 2.31. The van der Waals surface area contributed by atoms with Gasteiger partial charge in [-0.15, -0.1) is 0 Å². The number of urea groups is 1. The summed E-state index contributed by atoms with van der Waals surface area (Å²) in [6.45, 7) is 0. The summed E-state index contributed by atoms with van der Waals surface area (Å²) in [7, 11) is 0. The smallest absolute Gasteiger partial charge is 0.307 e. The van der Waals surface area contributed by atoms with Crippen LogP contribution in [-0.2, 0) is 4.79 Å². The SMILES string of the molecule is N=C1C(=O)CC(c2ccccc2)N1C(=O)Nc1ccc(F)cc1. The van der Waals surface area contributed by atoms with Gasteiger partial charge in [0.25, 0.3) is 0 Å². The van der Waals surface area contributed by atoms with Crippen molar-refractivity contribution in [2.45, 2.75) is 12.5 Å². The highest BCUT2D eigenvalue weighted by Gasteiger charge is 2.40. The number of benzene rings is 2. The van der Waals surface area contributed by atoms with Crippen LogP contribution < -0.4 is 5.32 Å². The number of nitrogens with zero attached hydrogens (tertiary/aromatic N) is 1. The predicted molar refractivity (Wildman–Crippen MR) is 83.8 cm³/mol. The summed E-state index contributed by atoms with van der Waals surface area (Å²) >= 11 is 0. The topological polar surface area (TPSA) is 73.3 Å². The lowest BCUT2D eigenvalue weighted by Crippen LogP contribution is -2.38. The first-order valence-corrected chi connectivity index (χ1v) is 7.09. The first kappa shape index (κ1) is 14.9. The Morgan fingerprint density at radius 1 is 1.13 bits per heavy atom. The van der Waals surface area contributed by atoms with E-state index >= 15 is 0 Å². The lowest BCUT2D eigenvalue weighted by molar-refractivity contribution is -0.112. The van der Waals surface area contributed by atoms with Gasteiger partial charge in [-0.2, -0.15) is 0 Å². The fourth-order valence-corrected chi connectivity index (χ4v) is 2.56. The maximum absolute atomic E-state index is 12.9. The molecule has 0 aromatic heterocycles. The molecule has 2 amide bonds. The molecule has 1 atom stereocenters. The zero-order valence-corrected chi connectivity index (χ0v) is 12.1. The lowest BCUT2D eigenvalue weighted by atomic mass is 10.0. The first-order valence-electron chi connectivity index (χ1n) is 7.09. The van der Waals surface area contributed by atoms with Crippen LogP contribution in [-0.4, -0.2) is 22.5 Å². The standard InChI is InChI=1S/C17H14FN3O2/c18-12-6-8-13(9-7-12)20-17(23)21-14(10-15(22)16(21)19)11-4-2-1-3-5-11/h1-9,14,19H,10H2,(H,20,23). The second kappa shape index (κ2) is 6.00. The molecule has 1 fully saturated rings. The summed E-state index contributed by atoms with van der Waals surface area (Å²) in [5.41, 5.74) is 1.19. The third kappa shape index (κ3) is 2.96. The predicted octanol–water partition coefficient (Wildman–Crippen LogP) is 3.35. The van der Waals surface area contributed by atoms with Crippen molar-refractivity contribution in [2.75, 3.05) is 5.32 Å². The molecule has 0 bridgehead atoms. The van der Waals surface area contributed by atoms with Gasteiger partial charge < -0.3 is 5.32 Å². The number of hydrogen-bond donors (Lipinski definition) is 2. The summed E-state index contributed by atoms with van der Waals surface area (Å²) in [6.07, 6.45) is 0.0830. The molecule has 1 saturated heterocycles. The largest absolute Gasteiger partial charge is 0.328 e. The van der Waals surface area contributed by atoms with Gasteiger partial charge in [0.1, 0.15) is 5.82 Å². The summed E-state index contributed by atoms with van der Waals surface area (Å²) < 4.78 is 12.9. The van der Waals surface area contributed by atoms with E-state index in [0.717, 1.165) is 10.5 Å². The lowest BCUT2D eigenvalue weighted by Gasteiger charge is -2.24. The van der Waals surface area contributed by atoms with Crippen LogP contribution >= 0.6 is 0 Å². The van der Waals surface area contributed by atoms with Crippen molar-refractivity contribution in [2.24, 2.45) is 0 Å². The monoisotopic (exact) mass is 311 g/mol. The van der Waals surface area contributed by atoms with Gasteiger partial charge in [-0.1, -0.05) is 30.3 Å². The fraction of sp³-hybridized carbons (Fsp3) is 0.118. The molecule has 116 valence electrons. The van der Waals surface area contributed by atoms with Crippen LogP contribution in [0.5, 0.6) is 0 Å². The quantitative estimate of drug-likeness (QED) is 0.892. The highest BCUT2D eigenvalue weighted by molar-refractivity contribution is 6.42. The minimum Gasteiger partial charge on any atom is -0.307 e. The second-order valence-corrected chi connectivity index (χ2v) is 5.21. The Kier molecular flexibility index (Phi) is 3.89. The number of Topliss-reactive ketones (excluding diaryl/α,β-unsaturated/α-hetero) is 1. The molecule has 0 spiro atoms. The Balaban J connectivity index is 1.85. The molecule has 3 rings (SSSR count). The Morgan fingerprint density at radius 2 is 1.78 bits per heavy atom. The number of hydrogen-bond acceptors (Lipinski definition) is 3. The number of amidine groups is 1. The average molecular weight is 311 g/mol. The average Bonchev–Trinajstić information content (AvgIpc) is 2.86. The van der Waals surface area contributed by atoms with Gasteiger partial charge in [0, 0.05) is 12.1 Å². The van der Waals surface area contributed by atoms with E-state index in [0.29, 0.717) is 5.69 Å². The zero-order chi connectivity index (χ0) is 16.4. The van der Waals surface area contributed by atoms with Gasteiger partial charge in [-0.25, -0.2) is 9.18 Å². The van der Waals surface area contributed by atoms with E-state index in [1.54, 1.807) is 0 Å². The number of anilines is 1. The van der Waals surface area contributed by atoms with Gasteiger partial charge in [-0.05, 0) is 29.8 Å². The molecule has 2 aromatic rings. The van der Waals surface area contributed by atoms with Crippen LogP contribution in [0.4, 0.5) is 14.9 Å². The number of amides is 2. The molecule has 5 nitrogen and oxygen atoms in total. The molecular formula is C17H14FN3O2. The number of rotatable bonds is 2. The van der Waals surface area contributed by atoms with Gasteiger partial charge in [0.15, 0.2) is 11.6 Å². The molecule has 1 aliphatic heterocycles. The van der Waals surface area contributed by atoms with Crippen LogP contribution in [0.15, 0.2) is 54.6 Å². The molecule has 6 heteroatoms. The minimum absolute atomic E-state index is 0.0830. The molecule has 1 unspecified atom stereocenters. The minimum atomic E-state index is -0.582. The van der Waals surface area contributed by atoms with Gasteiger partial charge in [0.2, 0.25) is 0 Å². The number of nitrogens with one attached hydrogen (secondary N) is 2. The molecule has 2 N–H and O–H groups in total. The molecule has 1 aliphatic rings. The summed E-state index contributed by atoms with van der Waals surface area (Å²) in [6, 6.07) is 13.3. The molecule has 0 saturated carbocycles. The van der Waals surface area contributed by atoms with Crippen LogP contribution in [0, 0.1) is 11.2 Å². The van der Waals surface area contributed by atoms with E-state index in [1.807, 2.05) is 30.3 Å². The van der Waals surface area contributed by atoms with Crippen molar-refractivity contribution < 1.29 is 14.0 Å². The normalized spacial score (nSPS) is 17.4. The Labute approximate surface area is 132 Å². The molecule has 0 radical (unpaired) electrons. The van der Waals surface area contributed by atoms with E-state index in [1.165, 1.54) is 24.3 Å². The van der Waals surface area contributed by atoms with E-state index in [4.69, 9.17) is 5.41 Å². The number of carbonyl (C=O) groups is 2. The summed E-state index contributed by atoms with van der Waals surface area (Å²) in [5.74, 6) is -1.12. The number of ketones is 1. The van der Waals surface area contributed by atoms with Crippen molar-refractivity contribution >= 4 is 23.3 Å². The maximum atomic E-state index is 12.9. The Hall–Kier alpha value is -3.02. The van der Waals surface area contributed by atoms with Crippen LogP contribution in [0.25, 0.3) is 0 Å².